The minimum atomic E-state index is 0.0179. The Hall–Kier alpha value is -1.29. The van der Waals surface area contributed by atoms with Gasteiger partial charge in [-0.05, 0) is 48.9 Å². The predicted octanol–water partition coefficient (Wildman–Crippen LogP) is 3.88. The van der Waals surface area contributed by atoms with Gasteiger partial charge in [0.05, 0.1) is 12.0 Å². The third-order valence-electron chi connectivity index (χ3n) is 3.24. The molecule has 0 bridgehead atoms. The van der Waals surface area contributed by atoms with Crippen molar-refractivity contribution in [1.82, 2.24) is 0 Å². The van der Waals surface area contributed by atoms with Crippen LogP contribution in [0, 0.1) is 38.0 Å². The van der Waals surface area contributed by atoms with Crippen LogP contribution in [0.15, 0.2) is 12.1 Å². The molecule has 0 aliphatic heterocycles. The van der Waals surface area contributed by atoms with Gasteiger partial charge in [0.1, 0.15) is 0 Å². The zero-order valence-corrected chi connectivity index (χ0v) is 10.3. The van der Waals surface area contributed by atoms with E-state index in [9.17, 15) is 5.26 Å². The van der Waals surface area contributed by atoms with Gasteiger partial charge in [0, 0.05) is 0 Å². The van der Waals surface area contributed by atoms with Gasteiger partial charge in [0.2, 0.25) is 0 Å². The van der Waals surface area contributed by atoms with Crippen molar-refractivity contribution in [1.29, 1.82) is 5.26 Å². The second kappa shape index (κ2) is 4.49. The molecule has 0 aliphatic rings. The van der Waals surface area contributed by atoms with E-state index in [4.69, 9.17) is 0 Å². The Bertz CT molecular complexity index is 397. The zero-order chi connectivity index (χ0) is 11.6. The monoisotopic (exact) mass is 201 g/mol. The summed E-state index contributed by atoms with van der Waals surface area (Å²) in [5, 5.41) is 9.18. The minimum Gasteiger partial charge on any atom is -0.198 e. The highest BCUT2D eigenvalue weighted by Gasteiger charge is 2.18. The summed E-state index contributed by atoms with van der Waals surface area (Å²) >= 11 is 0. The van der Waals surface area contributed by atoms with Crippen molar-refractivity contribution in [2.45, 2.75) is 40.5 Å². The minimum absolute atomic E-state index is 0.0179. The second-order valence-electron chi connectivity index (χ2n) is 4.57. The van der Waals surface area contributed by atoms with Crippen LogP contribution in [0.25, 0.3) is 0 Å². The van der Waals surface area contributed by atoms with Crippen molar-refractivity contribution < 1.29 is 0 Å². The number of nitriles is 1. The van der Waals surface area contributed by atoms with Crippen molar-refractivity contribution in [3.63, 3.8) is 0 Å². The molecule has 1 heteroatoms. The normalized spacial score (nSPS) is 12.6. The Morgan fingerprint density at radius 2 is 1.67 bits per heavy atom. The standard InChI is InChI=1S/C14H19N/c1-9(2)14(8-15)13-7-6-10(3)11(4)12(13)5/h6-7,9,14H,1-5H3. The first-order valence-electron chi connectivity index (χ1n) is 5.45. The molecule has 15 heavy (non-hydrogen) atoms. The Labute approximate surface area is 92.7 Å². The number of nitrogens with zero attached hydrogens (tertiary/aromatic N) is 1. The molecule has 1 unspecified atom stereocenters. The molecule has 0 aromatic heterocycles. The average Bonchev–Trinajstić information content (AvgIpc) is 2.18. The van der Waals surface area contributed by atoms with E-state index in [1.165, 1.54) is 22.3 Å². The van der Waals surface area contributed by atoms with E-state index >= 15 is 0 Å². The lowest BCUT2D eigenvalue weighted by atomic mass is 9.85. The van der Waals surface area contributed by atoms with E-state index in [1.54, 1.807) is 0 Å². The van der Waals surface area contributed by atoms with Crippen LogP contribution in [-0.4, -0.2) is 0 Å². The molecule has 80 valence electrons. The second-order valence-corrected chi connectivity index (χ2v) is 4.57. The van der Waals surface area contributed by atoms with Crippen molar-refractivity contribution in [2.24, 2.45) is 5.92 Å². The highest BCUT2D eigenvalue weighted by molar-refractivity contribution is 5.42. The fourth-order valence-electron chi connectivity index (χ4n) is 1.89. The largest absolute Gasteiger partial charge is 0.198 e. The maximum Gasteiger partial charge on any atom is 0.0738 e. The lowest BCUT2D eigenvalue weighted by molar-refractivity contribution is 0.584. The third kappa shape index (κ3) is 2.21. The summed E-state index contributed by atoms with van der Waals surface area (Å²) in [6.45, 7) is 10.6. The van der Waals surface area contributed by atoms with Crippen molar-refractivity contribution in [2.75, 3.05) is 0 Å². The molecule has 0 N–H and O–H groups in total. The highest BCUT2D eigenvalue weighted by Crippen LogP contribution is 2.29. The van der Waals surface area contributed by atoms with Gasteiger partial charge < -0.3 is 0 Å². The van der Waals surface area contributed by atoms with Gasteiger partial charge in [0.15, 0.2) is 0 Å². The molecular formula is C14H19N. The van der Waals surface area contributed by atoms with Crippen LogP contribution < -0.4 is 0 Å². The van der Waals surface area contributed by atoms with Gasteiger partial charge in [-0.2, -0.15) is 5.26 Å². The van der Waals surface area contributed by atoms with Crippen LogP contribution in [0.5, 0.6) is 0 Å². The van der Waals surface area contributed by atoms with Crippen LogP contribution >= 0.6 is 0 Å². The molecule has 0 amide bonds. The smallest absolute Gasteiger partial charge is 0.0738 e. The lowest BCUT2D eigenvalue weighted by Gasteiger charge is -2.18. The van der Waals surface area contributed by atoms with Gasteiger partial charge in [-0.25, -0.2) is 0 Å². The Balaban J connectivity index is 3.27. The lowest BCUT2D eigenvalue weighted by Crippen LogP contribution is -2.07. The van der Waals surface area contributed by atoms with Crippen LogP contribution in [0.4, 0.5) is 0 Å². The first-order valence-corrected chi connectivity index (χ1v) is 5.45. The summed E-state index contributed by atoms with van der Waals surface area (Å²) in [4.78, 5) is 0. The highest BCUT2D eigenvalue weighted by atomic mass is 14.3. The van der Waals surface area contributed by atoms with Gasteiger partial charge in [-0.1, -0.05) is 26.0 Å². The molecule has 1 aromatic rings. The summed E-state index contributed by atoms with van der Waals surface area (Å²) in [7, 11) is 0. The molecule has 0 spiro atoms. The molecule has 1 nitrogen and oxygen atoms in total. The van der Waals surface area contributed by atoms with Crippen molar-refractivity contribution in [3.8, 4) is 6.07 Å². The van der Waals surface area contributed by atoms with E-state index in [1.807, 2.05) is 0 Å². The van der Waals surface area contributed by atoms with E-state index in [-0.39, 0.29) is 5.92 Å². The van der Waals surface area contributed by atoms with Crippen LogP contribution in [-0.2, 0) is 0 Å². The molecule has 0 saturated carbocycles. The van der Waals surface area contributed by atoms with Gasteiger partial charge >= 0.3 is 0 Å². The zero-order valence-electron chi connectivity index (χ0n) is 10.3. The fraction of sp³-hybridized carbons (Fsp3) is 0.500. The number of rotatable bonds is 2. The van der Waals surface area contributed by atoms with Gasteiger partial charge in [-0.3, -0.25) is 0 Å². The van der Waals surface area contributed by atoms with E-state index in [0.717, 1.165) is 0 Å². The molecule has 1 atom stereocenters. The summed E-state index contributed by atoms with van der Waals surface area (Å²) in [6, 6.07) is 6.62. The van der Waals surface area contributed by atoms with Gasteiger partial charge in [-0.15, -0.1) is 0 Å². The van der Waals surface area contributed by atoms with Crippen molar-refractivity contribution in [3.05, 3.63) is 34.4 Å². The first-order chi connectivity index (χ1) is 6.99. The van der Waals surface area contributed by atoms with Gasteiger partial charge in [0.25, 0.3) is 0 Å². The van der Waals surface area contributed by atoms with Crippen molar-refractivity contribution >= 4 is 0 Å². The molecule has 0 saturated heterocycles. The van der Waals surface area contributed by atoms with Crippen LogP contribution in [0.3, 0.4) is 0 Å². The molecule has 0 fully saturated rings. The quantitative estimate of drug-likeness (QED) is 0.712. The number of aryl methyl sites for hydroxylation is 1. The summed E-state index contributed by atoms with van der Waals surface area (Å²) in [6.07, 6.45) is 0. The molecule has 0 heterocycles. The van der Waals surface area contributed by atoms with E-state index < -0.39 is 0 Å². The Kier molecular flexibility index (Phi) is 3.52. The molecule has 0 aliphatic carbocycles. The number of hydrogen-bond donors (Lipinski definition) is 0. The maximum absolute atomic E-state index is 9.18. The fourth-order valence-corrected chi connectivity index (χ4v) is 1.89. The average molecular weight is 201 g/mol. The van der Waals surface area contributed by atoms with Crippen LogP contribution in [0.2, 0.25) is 0 Å². The number of benzene rings is 1. The third-order valence-corrected chi connectivity index (χ3v) is 3.24. The summed E-state index contributed by atoms with van der Waals surface area (Å²) in [5.41, 5.74) is 5.08. The van der Waals surface area contributed by atoms with Crippen LogP contribution in [0.1, 0.15) is 42.0 Å². The molecule has 0 radical (unpaired) electrons. The SMILES string of the molecule is Cc1ccc(C(C#N)C(C)C)c(C)c1C. The summed E-state index contributed by atoms with van der Waals surface area (Å²) in [5.74, 6) is 0.389. The Morgan fingerprint density at radius 3 is 2.13 bits per heavy atom. The van der Waals surface area contributed by atoms with E-state index in [0.29, 0.717) is 5.92 Å². The topological polar surface area (TPSA) is 23.8 Å². The molecule has 1 aromatic carbocycles. The predicted molar refractivity (Wildman–Crippen MR) is 63.8 cm³/mol. The molecule has 1 rings (SSSR count). The first kappa shape index (κ1) is 11.8. The Morgan fingerprint density at radius 1 is 1.07 bits per heavy atom. The van der Waals surface area contributed by atoms with E-state index in [2.05, 4.69) is 52.8 Å². The maximum atomic E-state index is 9.18. The number of hydrogen-bond acceptors (Lipinski definition) is 1. The summed E-state index contributed by atoms with van der Waals surface area (Å²) < 4.78 is 0. The molecular weight excluding hydrogens is 182 g/mol.